The molecule has 0 amide bonds. The topological polar surface area (TPSA) is 44.5 Å². The van der Waals surface area contributed by atoms with Crippen molar-refractivity contribution in [3.8, 4) is 11.1 Å². The number of nitrogens with one attached hydrogen (secondary N) is 1. The molecule has 0 spiro atoms. The Bertz CT molecular complexity index is 642. The number of aryl methyl sites for hydroxylation is 1. The van der Waals surface area contributed by atoms with Gasteiger partial charge < -0.3 is 0 Å². The van der Waals surface area contributed by atoms with Gasteiger partial charge in [-0.05, 0) is 47.9 Å². The van der Waals surface area contributed by atoms with Crippen molar-refractivity contribution in [2.75, 3.05) is 5.01 Å². The fraction of sp³-hybridized carbons (Fsp3) is 0.0769. The van der Waals surface area contributed by atoms with Crippen molar-refractivity contribution >= 4 is 23.0 Å². The van der Waals surface area contributed by atoms with Gasteiger partial charge >= 0.3 is 0 Å². The van der Waals surface area contributed by atoms with Crippen LogP contribution < -0.4 is 10.5 Å². The van der Waals surface area contributed by atoms with Gasteiger partial charge in [-0.1, -0.05) is 23.7 Å². The highest BCUT2D eigenvalue weighted by atomic mass is 35.5. The first-order valence-electron chi connectivity index (χ1n) is 5.49. The Kier molecular flexibility index (Phi) is 2.45. The molecule has 2 aromatic rings. The first kappa shape index (κ1) is 11.0. The second kappa shape index (κ2) is 3.99. The molecule has 0 bridgehead atoms. The predicted octanol–water partition coefficient (Wildman–Crippen LogP) is 3.95. The third-order valence-corrected chi connectivity index (χ3v) is 3.29. The van der Waals surface area contributed by atoms with Crippen LogP contribution in [-0.4, -0.2) is 0 Å². The Morgan fingerprint density at radius 2 is 2.00 bits per heavy atom. The van der Waals surface area contributed by atoms with Crippen LogP contribution in [0.15, 0.2) is 41.7 Å². The summed E-state index contributed by atoms with van der Waals surface area (Å²) in [4.78, 5) is 10.2. The number of fused-ring (bicyclic) bond motifs is 1. The number of halogens is 1. The zero-order valence-electron chi connectivity index (χ0n) is 9.64. The van der Waals surface area contributed by atoms with Gasteiger partial charge in [0.1, 0.15) is 0 Å². The van der Waals surface area contributed by atoms with Gasteiger partial charge in [-0.3, -0.25) is 0 Å². The molecule has 0 saturated carbocycles. The lowest BCUT2D eigenvalue weighted by molar-refractivity contribution is 0.803. The average Bonchev–Trinajstić information content (AvgIpc) is 3.05. The quantitative estimate of drug-likeness (QED) is 0.516. The molecule has 0 fully saturated rings. The standard InChI is InChI=1S/C13H10ClN3O/c1-8-2-4-10(14)7-11(8)9-3-5-12-13(6-9)17(12)15-16-18/h2-7H,1H3,(H,15,18). The van der Waals surface area contributed by atoms with E-state index >= 15 is 0 Å². The van der Waals surface area contributed by atoms with Crippen LogP contribution in [0.2, 0.25) is 5.02 Å². The third kappa shape index (κ3) is 1.71. The van der Waals surface area contributed by atoms with Crippen molar-refractivity contribution in [2.24, 2.45) is 5.29 Å². The predicted molar refractivity (Wildman–Crippen MR) is 72.7 cm³/mol. The van der Waals surface area contributed by atoms with E-state index in [9.17, 15) is 4.91 Å². The van der Waals surface area contributed by atoms with Gasteiger partial charge in [0, 0.05) is 5.02 Å². The molecule has 1 N–H and O–H groups in total. The minimum Gasteiger partial charge on any atom is -0.233 e. The zero-order chi connectivity index (χ0) is 12.7. The number of nitroso groups, excluding NO2 is 1. The maximum absolute atomic E-state index is 10.2. The Morgan fingerprint density at radius 3 is 2.78 bits per heavy atom. The fourth-order valence-electron chi connectivity index (χ4n) is 2.08. The van der Waals surface area contributed by atoms with E-state index in [0.29, 0.717) is 5.02 Å². The average molecular weight is 260 g/mol. The van der Waals surface area contributed by atoms with E-state index < -0.39 is 0 Å². The molecular weight excluding hydrogens is 250 g/mol. The summed E-state index contributed by atoms with van der Waals surface area (Å²) in [5, 5.41) is 5.00. The Labute approximate surface area is 109 Å². The van der Waals surface area contributed by atoms with Crippen LogP contribution in [0.1, 0.15) is 5.56 Å². The smallest absolute Gasteiger partial charge is 0.0911 e. The van der Waals surface area contributed by atoms with Crippen LogP contribution in [0.25, 0.3) is 11.1 Å². The number of benzene rings is 2. The molecular formula is C13H10ClN3O. The van der Waals surface area contributed by atoms with Crippen molar-refractivity contribution in [3.05, 3.63) is 51.9 Å². The lowest BCUT2D eigenvalue weighted by Crippen LogP contribution is -2.14. The van der Waals surface area contributed by atoms with Crippen LogP contribution in [0.4, 0.5) is 11.4 Å². The molecule has 0 atom stereocenters. The first-order chi connectivity index (χ1) is 8.70. The molecule has 90 valence electrons. The Morgan fingerprint density at radius 1 is 1.17 bits per heavy atom. The van der Waals surface area contributed by atoms with Crippen LogP contribution in [-0.2, 0) is 0 Å². The molecule has 18 heavy (non-hydrogen) atoms. The van der Waals surface area contributed by atoms with Gasteiger partial charge in [-0.25, -0.2) is 5.01 Å². The number of nitrogens with zero attached hydrogens (tertiary/aromatic N) is 2. The molecule has 0 saturated heterocycles. The van der Waals surface area contributed by atoms with Crippen molar-refractivity contribution in [3.63, 3.8) is 0 Å². The molecule has 0 unspecified atom stereocenters. The van der Waals surface area contributed by atoms with Crippen LogP contribution in [0, 0.1) is 11.8 Å². The minimum atomic E-state index is 0.713. The summed E-state index contributed by atoms with van der Waals surface area (Å²) in [5.41, 5.74) is 7.63. The minimum absolute atomic E-state index is 0.713. The summed E-state index contributed by atoms with van der Waals surface area (Å²) in [6, 6.07) is 11.8. The first-order valence-corrected chi connectivity index (χ1v) is 5.87. The summed E-state index contributed by atoms with van der Waals surface area (Å²) < 4.78 is 0. The monoisotopic (exact) mass is 259 g/mol. The molecule has 3 rings (SSSR count). The highest BCUT2D eigenvalue weighted by molar-refractivity contribution is 6.30. The van der Waals surface area contributed by atoms with Gasteiger partial charge in [0.25, 0.3) is 0 Å². The molecule has 1 heterocycles. The van der Waals surface area contributed by atoms with Gasteiger partial charge in [-0.2, -0.15) is 5.53 Å². The largest absolute Gasteiger partial charge is 0.233 e. The lowest BCUT2D eigenvalue weighted by atomic mass is 10.0. The van der Waals surface area contributed by atoms with Gasteiger partial charge in [0.05, 0.1) is 16.7 Å². The molecule has 2 aromatic carbocycles. The highest BCUT2D eigenvalue weighted by Crippen LogP contribution is 2.48. The van der Waals surface area contributed by atoms with Crippen molar-refractivity contribution in [1.29, 1.82) is 0 Å². The summed E-state index contributed by atoms with van der Waals surface area (Å²) in [6.45, 7) is 2.04. The summed E-state index contributed by atoms with van der Waals surface area (Å²) in [7, 11) is 0. The van der Waals surface area contributed by atoms with Crippen molar-refractivity contribution in [2.45, 2.75) is 6.92 Å². The summed E-state index contributed by atoms with van der Waals surface area (Å²) >= 11 is 6.02. The van der Waals surface area contributed by atoms with Crippen molar-refractivity contribution < 1.29 is 0 Å². The number of hydrogen-bond donors (Lipinski definition) is 1. The molecule has 0 aliphatic carbocycles. The second-order valence-corrected chi connectivity index (χ2v) is 4.63. The van der Waals surface area contributed by atoms with E-state index in [2.05, 4.69) is 10.8 Å². The van der Waals surface area contributed by atoms with Gasteiger partial charge in [0.2, 0.25) is 0 Å². The van der Waals surface area contributed by atoms with E-state index in [4.69, 9.17) is 11.6 Å². The maximum Gasteiger partial charge on any atom is 0.0911 e. The zero-order valence-corrected chi connectivity index (χ0v) is 10.4. The molecule has 0 aromatic heterocycles. The van der Waals surface area contributed by atoms with Crippen LogP contribution in [0.3, 0.4) is 0 Å². The van der Waals surface area contributed by atoms with Gasteiger partial charge in [-0.15, -0.1) is 4.91 Å². The second-order valence-electron chi connectivity index (χ2n) is 4.19. The number of rotatable bonds is 3. The van der Waals surface area contributed by atoms with Crippen LogP contribution in [0.5, 0.6) is 0 Å². The molecule has 4 nitrogen and oxygen atoms in total. The van der Waals surface area contributed by atoms with E-state index in [1.54, 1.807) is 5.01 Å². The fourth-order valence-corrected chi connectivity index (χ4v) is 2.25. The SMILES string of the molecule is Cc1ccc(Cl)cc1-c1ccc2c(c1)N2NN=O. The molecule has 0 radical (unpaired) electrons. The number of anilines is 2. The molecule has 1 aliphatic rings. The number of hydrogen-bond acceptors (Lipinski definition) is 3. The normalized spacial score (nSPS) is 12.0. The molecule has 1 aliphatic heterocycles. The highest BCUT2D eigenvalue weighted by Gasteiger charge is 2.29. The number of hydrazine groups is 1. The molecule has 5 heteroatoms. The van der Waals surface area contributed by atoms with Crippen LogP contribution >= 0.6 is 11.6 Å². The summed E-state index contributed by atoms with van der Waals surface area (Å²) in [5.74, 6) is 0. The Balaban J connectivity index is 2.00. The van der Waals surface area contributed by atoms with E-state index in [0.717, 1.165) is 28.1 Å². The third-order valence-electron chi connectivity index (χ3n) is 3.06. The van der Waals surface area contributed by atoms with E-state index in [-0.39, 0.29) is 0 Å². The maximum atomic E-state index is 10.2. The van der Waals surface area contributed by atoms with E-state index in [1.165, 1.54) is 0 Å². The Hall–Kier alpha value is -2.07. The van der Waals surface area contributed by atoms with E-state index in [1.807, 2.05) is 43.3 Å². The van der Waals surface area contributed by atoms with Gasteiger partial charge in [0.15, 0.2) is 0 Å². The van der Waals surface area contributed by atoms with Crippen molar-refractivity contribution in [1.82, 2.24) is 5.53 Å². The lowest BCUT2D eigenvalue weighted by Gasteiger charge is -2.05. The summed E-state index contributed by atoms with van der Waals surface area (Å²) in [6.07, 6.45) is 0.